The van der Waals surface area contributed by atoms with Crippen LogP contribution in [0.1, 0.15) is 52.1 Å². The number of Topliss-reactive ketones (excluding diaryl/α,β-unsaturated/α-hetero) is 1. The minimum Gasteiger partial charge on any atom is -0.453 e. The summed E-state index contributed by atoms with van der Waals surface area (Å²) in [5, 5.41) is 0. The molecule has 3 rings (SSSR count). The van der Waals surface area contributed by atoms with Crippen LogP contribution >= 0.6 is 0 Å². The topological polar surface area (TPSA) is 111 Å². The van der Waals surface area contributed by atoms with Crippen molar-refractivity contribution in [1.82, 2.24) is 13.9 Å². The first-order chi connectivity index (χ1) is 14.1. The molecule has 0 amide bonds. The highest BCUT2D eigenvalue weighted by molar-refractivity contribution is 7.89. The highest BCUT2D eigenvalue weighted by atomic mass is 32.2. The maximum atomic E-state index is 12.6. The Morgan fingerprint density at radius 2 is 1.87 bits per heavy atom. The molecule has 9 nitrogen and oxygen atoms in total. The number of nitrogens with one attached hydrogen (secondary N) is 1. The third kappa shape index (κ3) is 4.35. The highest BCUT2D eigenvalue weighted by Crippen LogP contribution is 2.21. The summed E-state index contributed by atoms with van der Waals surface area (Å²) in [7, 11) is -3.72. The third-order valence-electron chi connectivity index (χ3n) is 5.12. The van der Waals surface area contributed by atoms with E-state index in [1.807, 2.05) is 32.3 Å². The number of rotatable bonds is 7. The standard InChI is InChI=1S/C20H27N3O6S/c1-13(2)23-14(3)9-17(15(23)4)19(24)12-29-20(25)18-10-16(11-21-18)30(26,27)22-5-7-28-8-6-22/h9-11,13,21H,5-8,12H2,1-4H3. The van der Waals surface area contributed by atoms with Crippen LogP contribution in [0.4, 0.5) is 0 Å². The molecule has 0 atom stereocenters. The molecule has 1 aliphatic rings. The summed E-state index contributed by atoms with van der Waals surface area (Å²) in [4.78, 5) is 27.5. The summed E-state index contributed by atoms with van der Waals surface area (Å²) in [6.07, 6.45) is 1.25. The summed E-state index contributed by atoms with van der Waals surface area (Å²) in [6, 6.07) is 3.22. The van der Waals surface area contributed by atoms with E-state index >= 15 is 0 Å². The zero-order valence-electron chi connectivity index (χ0n) is 17.6. The maximum absolute atomic E-state index is 12.6. The molecule has 0 aromatic carbocycles. The van der Waals surface area contributed by atoms with Crippen molar-refractivity contribution >= 4 is 21.8 Å². The lowest BCUT2D eigenvalue weighted by Crippen LogP contribution is -2.40. The molecule has 1 fully saturated rings. The molecule has 2 aromatic heterocycles. The van der Waals surface area contributed by atoms with E-state index < -0.39 is 22.6 Å². The highest BCUT2D eigenvalue weighted by Gasteiger charge is 2.28. The van der Waals surface area contributed by atoms with Crippen LogP contribution < -0.4 is 0 Å². The molecule has 1 aliphatic heterocycles. The van der Waals surface area contributed by atoms with Crippen LogP contribution in [0.15, 0.2) is 23.2 Å². The van der Waals surface area contributed by atoms with Gasteiger partial charge in [-0.25, -0.2) is 13.2 Å². The molecular weight excluding hydrogens is 410 g/mol. The lowest BCUT2D eigenvalue weighted by molar-refractivity contribution is 0.0469. The molecule has 0 spiro atoms. The second kappa shape index (κ2) is 8.75. The predicted octanol–water partition coefficient (Wildman–Crippen LogP) is 2.07. The van der Waals surface area contributed by atoms with Gasteiger partial charge in [0.2, 0.25) is 15.8 Å². The van der Waals surface area contributed by atoms with E-state index in [1.54, 1.807) is 6.07 Å². The normalized spacial score (nSPS) is 15.5. The van der Waals surface area contributed by atoms with E-state index in [9.17, 15) is 18.0 Å². The Balaban J connectivity index is 1.66. The molecule has 30 heavy (non-hydrogen) atoms. The molecule has 10 heteroatoms. The number of aromatic amines is 1. The van der Waals surface area contributed by atoms with Crippen molar-refractivity contribution in [3.05, 3.63) is 41.0 Å². The molecule has 2 aromatic rings. The first kappa shape index (κ1) is 22.3. The SMILES string of the molecule is Cc1cc(C(=O)COC(=O)c2cc(S(=O)(=O)N3CCOCC3)c[nH]2)c(C)n1C(C)C. The number of H-pyrrole nitrogens is 1. The van der Waals surface area contributed by atoms with Gasteiger partial charge in [-0.1, -0.05) is 0 Å². The first-order valence-electron chi connectivity index (χ1n) is 9.78. The zero-order valence-corrected chi connectivity index (χ0v) is 18.4. The van der Waals surface area contributed by atoms with Gasteiger partial charge in [-0.3, -0.25) is 4.79 Å². The van der Waals surface area contributed by atoms with Crippen LogP contribution in [0.5, 0.6) is 0 Å². The van der Waals surface area contributed by atoms with Crippen LogP contribution in [-0.2, 0) is 19.5 Å². The summed E-state index contributed by atoms with van der Waals surface area (Å²) in [6.45, 7) is 8.60. The van der Waals surface area contributed by atoms with E-state index in [-0.39, 0.29) is 35.5 Å². The fourth-order valence-electron chi connectivity index (χ4n) is 3.72. The van der Waals surface area contributed by atoms with Crippen molar-refractivity contribution in [1.29, 1.82) is 0 Å². The summed E-state index contributed by atoms with van der Waals surface area (Å²) < 4.78 is 38.9. The van der Waals surface area contributed by atoms with E-state index in [4.69, 9.17) is 9.47 Å². The van der Waals surface area contributed by atoms with Crippen molar-refractivity contribution in [3.63, 3.8) is 0 Å². The fraction of sp³-hybridized carbons (Fsp3) is 0.500. The van der Waals surface area contributed by atoms with E-state index in [1.165, 1.54) is 16.6 Å². The number of aromatic nitrogens is 2. The lowest BCUT2D eigenvalue weighted by Gasteiger charge is -2.25. The molecule has 0 unspecified atom stereocenters. The Kier molecular flexibility index (Phi) is 6.49. The Morgan fingerprint density at radius 3 is 2.47 bits per heavy atom. The predicted molar refractivity (Wildman–Crippen MR) is 109 cm³/mol. The van der Waals surface area contributed by atoms with E-state index in [2.05, 4.69) is 4.98 Å². The van der Waals surface area contributed by atoms with Gasteiger partial charge in [0, 0.05) is 42.3 Å². The summed E-state index contributed by atoms with van der Waals surface area (Å²) in [5.74, 6) is -1.10. The largest absolute Gasteiger partial charge is 0.453 e. The van der Waals surface area contributed by atoms with E-state index in [0.29, 0.717) is 18.8 Å². The molecule has 164 valence electrons. The number of esters is 1. The van der Waals surface area contributed by atoms with Crippen LogP contribution in [0, 0.1) is 13.8 Å². The van der Waals surface area contributed by atoms with E-state index in [0.717, 1.165) is 11.4 Å². The summed E-state index contributed by atoms with van der Waals surface area (Å²) >= 11 is 0. The van der Waals surface area contributed by atoms with Gasteiger partial charge < -0.3 is 19.0 Å². The second-order valence-electron chi connectivity index (χ2n) is 7.51. The minimum absolute atomic E-state index is 0.0249. The Labute approximate surface area is 176 Å². The monoisotopic (exact) mass is 437 g/mol. The van der Waals surface area contributed by atoms with Gasteiger partial charge in [-0.2, -0.15) is 4.31 Å². The first-order valence-corrected chi connectivity index (χ1v) is 11.2. The molecule has 1 saturated heterocycles. The Morgan fingerprint density at radius 1 is 1.20 bits per heavy atom. The number of carbonyl (C=O) groups is 2. The number of ketones is 1. The number of nitrogens with zero attached hydrogens (tertiary/aromatic N) is 2. The molecule has 0 aliphatic carbocycles. The van der Waals surface area contributed by atoms with Crippen molar-refractivity contribution in [2.75, 3.05) is 32.9 Å². The van der Waals surface area contributed by atoms with Gasteiger partial charge in [0.25, 0.3) is 0 Å². The summed E-state index contributed by atoms with van der Waals surface area (Å²) in [5.41, 5.74) is 2.26. The third-order valence-corrected chi connectivity index (χ3v) is 7.00. The van der Waals surface area contributed by atoms with Crippen LogP contribution in [0.25, 0.3) is 0 Å². The van der Waals surface area contributed by atoms with Crippen LogP contribution in [0.2, 0.25) is 0 Å². The van der Waals surface area contributed by atoms with Crippen LogP contribution in [0.3, 0.4) is 0 Å². The average molecular weight is 438 g/mol. The number of hydrogen-bond donors (Lipinski definition) is 1. The number of carbonyl (C=O) groups excluding carboxylic acids is 2. The van der Waals surface area contributed by atoms with Gasteiger partial charge >= 0.3 is 5.97 Å². The van der Waals surface area contributed by atoms with Crippen molar-refractivity contribution < 1.29 is 27.5 Å². The average Bonchev–Trinajstić information content (AvgIpc) is 3.32. The number of ether oxygens (including phenoxy) is 2. The number of sulfonamides is 1. The Hall–Kier alpha value is -2.43. The lowest BCUT2D eigenvalue weighted by atomic mass is 10.1. The zero-order chi connectivity index (χ0) is 22.1. The van der Waals surface area contributed by atoms with Gasteiger partial charge in [-0.05, 0) is 39.8 Å². The number of aryl methyl sites for hydroxylation is 1. The Bertz CT molecular complexity index is 1040. The molecule has 3 heterocycles. The number of morpholine rings is 1. The van der Waals surface area contributed by atoms with Gasteiger partial charge in [0.05, 0.1) is 13.2 Å². The second-order valence-corrected chi connectivity index (χ2v) is 9.45. The number of hydrogen-bond acceptors (Lipinski definition) is 6. The fourth-order valence-corrected chi connectivity index (χ4v) is 5.12. The molecular formula is C20H27N3O6S. The maximum Gasteiger partial charge on any atom is 0.355 e. The minimum atomic E-state index is -3.72. The van der Waals surface area contributed by atoms with Crippen molar-refractivity contribution in [2.24, 2.45) is 0 Å². The van der Waals surface area contributed by atoms with Gasteiger partial charge in [0.15, 0.2) is 6.61 Å². The molecule has 0 bridgehead atoms. The van der Waals surface area contributed by atoms with Gasteiger partial charge in [-0.15, -0.1) is 0 Å². The molecule has 0 radical (unpaired) electrons. The molecule has 0 saturated carbocycles. The molecule has 1 N–H and O–H groups in total. The van der Waals surface area contributed by atoms with Gasteiger partial charge in [0.1, 0.15) is 10.6 Å². The van der Waals surface area contributed by atoms with Crippen molar-refractivity contribution in [2.45, 2.75) is 38.6 Å². The van der Waals surface area contributed by atoms with Crippen LogP contribution in [-0.4, -0.2) is 66.9 Å². The quantitative estimate of drug-likeness (QED) is 0.524. The van der Waals surface area contributed by atoms with Crippen molar-refractivity contribution in [3.8, 4) is 0 Å². The smallest absolute Gasteiger partial charge is 0.355 e.